The third-order valence-corrected chi connectivity index (χ3v) is 4.08. The summed E-state index contributed by atoms with van der Waals surface area (Å²) in [5.41, 5.74) is 4.31. The number of hydrogen-bond donors (Lipinski definition) is 1. The lowest BCUT2D eigenvalue weighted by atomic mass is 10.0. The topological polar surface area (TPSA) is 37.3 Å². The van der Waals surface area contributed by atoms with E-state index in [0.717, 1.165) is 29.9 Å². The number of rotatable bonds is 5. The van der Waals surface area contributed by atoms with Gasteiger partial charge < -0.3 is 14.8 Å². The molecule has 0 unspecified atom stereocenters. The lowest BCUT2D eigenvalue weighted by Crippen LogP contribution is -2.17. The molecule has 3 aromatic rings. The molecule has 1 N–H and O–H groups in total. The fourth-order valence-corrected chi connectivity index (χ4v) is 2.85. The highest BCUT2D eigenvalue weighted by molar-refractivity contribution is 5.90. The van der Waals surface area contributed by atoms with Crippen LogP contribution in [0.5, 0.6) is 0 Å². The summed E-state index contributed by atoms with van der Waals surface area (Å²) in [5.74, 6) is -0.0554. The van der Waals surface area contributed by atoms with Gasteiger partial charge in [-0.25, -0.2) is 0 Å². The van der Waals surface area contributed by atoms with Gasteiger partial charge in [-0.05, 0) is 54.9 Å². The second-order valence-electron chi connectivity index (χ2n) is 6.35. The largest absolute Gasteiger partial charge is 0.346 e. The van der Waals surface area contributed by atoms with Gasteiger partial charge in [0.2, 0.25) is 5.91 Å². The number of amides is 1. The summed E-state index contributed by atoms with van der Waals surface area (Å²) in [5, 5.41) is 4.09. The van der Waals surface area contributed by atoms with Crippen LogP contribution in [0, 0.1) is 0 Å². The summed E-state index contributed by atoms with van der Waals surface area (Å²) in [4.78, 5) is 13.4. The van der Waals surface area contributed by atoms with E-state index >= 15 is 0 Å². The first-order valence-corrected chi connectivity index (χ1v) is 8.14. The first kappa shape index (κ1) is 16.3. The second-order valence-corrected chi connectivity index (χ2v) is 6.35. The molecule has 0 saturated heterocycles. The van der Waals surface area contributed by atoms with Gasteiger partial charge in [0.25, 0.3) is 0 Å². The van der Waals surface area contributed by atoms with Crippen molar-refractivity contribution in [1.82, 2.24) is 9.47 Å². The molecule has 0 spiro atoms. The van der Waals surface area contributed by atoms with Crippen LogP contribution in [0.2, 0.25) is 0 Å². The van der Waals surface area contributed by atoms with Crippen LogP contribution in [0.1, 0.15) is 6.92 Å². The van der Waals surface area contributed by atoms with E-state index in [-0.39, 0.29) is 5.91 Å². The number of anilines is 1. The van der Waals surface area contributed by atoms with Crippen LogP contribution in [-0.2, 0) is 11.3 Å². The van der Waals surface area contributed by atoms with Crippen molar-refractivity contribution in [2.24, 2.45) is 0 Å². The molecule has 1 aromatic heterocycles. The normalized spacial score (nSPS) is 11.2. The minimum absolute atomic E-state index is 0.0554. The Morgan fingerprint density at radius 3 is 2.62 bits per heavy atom. The summed E-state index contributed by atoms with van der Waals surface area (Å²) < 4.78 is 2.29. The highest BCUT2D eigenvalue weighted by Crippen LogP contribution is 2.27. The molecule has 0 aliphatic rings. The van der Waals surface area contributed by atoms with E-state index in [9.17, 15) is 4.79 Å². The number of aromatic nitrogens is 1. The minimum Gasteiger partial charge on any atom is -0.346 e. The molecule has 2 aromatic carbocycles. The van der Waals surface area contributed by atoms with E-state index in [1.807, 2.05) is 18.2 Å². The van der Waals surface area contributed by atoms with Crippen molar-refractivity contribution in [2.45, 2.75) is 13.5 Å². The number of likely N-dealkylation sites (N-methyl/N-ethyl adjacent to an activating group) is 1. The number of fused-ring (bicyclic) bond motifs is 1. The molecule has 1 heterocycles. The predicted molar refractivity (Wildman–Crippen MR) is 100 cm³/mol. The van der Waals surface area contributed by atoms with Gasteiger partial charge >= 0.3 is 0 Å². The third kappa shape index (κ3) is 3.66. The zero-order valence-electron chi connectivity index (χ0n) is 14.4. The van der Waals surface area contributed by atoms with Crippen LogP contribution < -0.4 is 5.32 Å². The molecule has 0 fully saturated rings. The minimum atomic E-state index is -0.0554. The van der Waals surface area contributed by atoms with Crippen molar-refractivity contribution in [2.75, 3.05) is 26.0 Å². The summed E-state index contributed by atoms with van der Waals surface area (Å²) in [6.07, 6.45) is 2.14. The Bertz CT molecular complexity index is 864. The van der Waals surface area contributed by atoms with Gasteiger partial charge in [-0.2, -0.15) is 0 Å². The first-order chi connectivity index (χ1) is 11.5. The van der Waals surface area contributed by atoms with E-state index in [4.69, 9.17) is 0 Å². The number of hydrogen-bond acceptors (Lipinski definition) is 2. The van der Waals surface area contributed by atoms with Gasteiger partial charge in [-0.3, -0.25) is 4.79 Å². The summed E-state index contributed by atoms with van der Waals surface area (Å²) in [6, 6.07) is 16.6. The van der Waals surface area contributed by atoms with Crippen molar-refractivity contribution in [3.8, 4) is 11.1 Å². The van der Waals surface area contributed by atoms with Crippen molar-refractivity contribution < 1.29 is 4.79 Å². The van der Waals surface area contributed by atoms with E-state index < -0.39 is 0 Å². The maximum atomic E-state index is 11.3. The summed E-state index contributed by atoms with van der Waals surface area (Å²) >= 11 is 0. The van der Waals surface area contributed by atoms with E-state index in [1.165, 1.54) is 17.8 Å². The standard InChI is InChI=1S/C20H23N3O/c1-15(24)21-19-6-4-5-17(13-19)18-8-7-16-9-10-23(20(16)14-18)12-11-22(2)3/h4-10,13-14H,11-12H2,1-3H3,(H,21,24). The number of nitrogens with zero attached hydrogens (tertiary/aromatic N) is 2. The van der Waals surface area contributed by atoms with Crippen LogP contribution in [-0.4, -0.2) is 36.0 Å². The zero-order valence-corrected chi connectivity index (χ0v) is 14.4. The molecule has 0 atom stereocenters. The maximum absolute atomic E-state index is 11.3. The second kappa shape index (κ2) is 6.89. The Kier molecular flexibility index (Phi) is 4.67. The molecule has 0 radical (unpaired) electrons. The predicted octanol–water partition coefficient (Wildman–Crippen LogP) is 3.83. The van der Waals surface area contributed by atoms with Crippen LogP contribution >= 0.6 is 0 Å². The van der Waals surface area contributed by atoms with Gasteiger partial charge in [0.05, 0.1) is 0 Å². The molecular formula is C20H23N3O. The Morgan fingerprint density at radius 1 is 1.08 bits per heavy atom. The average Bonchev–Trinajstić information content (AvgIpc) is 2.94. The summed E-state index contributed by atoms with van der Waals surface area (Å²) in [6.45, 7) is 3.49. The molecule has 4 heteroatoms. The SMILES string of the molecule is CC(=O)Nc1cccc(-c2ccc3ccn(CCN(C)C)c3c2)c1. The number of carbonyl (C=O) groups is 1. The van der Waals surface area contributed by atoms with Crippen LogP contribution in [0.3, 0.4) is 0 Å². The van der Waals surface area contributed by atoms with Gasteiger partial charge in [-0.1, -0.05) is 24.3 Å². The summed E-state index contributed by atoms with van der Waals surface area (Å²) in [7, 11) is 4.18. The Morgan fingerprint density at radius 2 is 1.88 bits per heavy atom. The fourth-order valence-electron chi connectivity index (χ4n) is 2.85. The van der Waals surface area contributed by atoms with Crippen LogP contribution in [0.25, 0.3) is 22.0 Å². The first-order valence-electron chi connectivity index (χ1n) is 8.14. The van der Waals surface area contributed by atoms with Gasteiger partial charge in [-0.15, -0.1) is 0 Å². The van der Waals surface area contributed by atoms with E-state index in [2.05, 4.69) is 65.4 Å². The molecule has 24 heavy (non-hydrogen) atoms. The molecule has 124 valence electrons. The molecule has 0 saturated carbocycles. The number of benzene rings is 2. The molecule has 4 nitrogen and oxygen atoms in total. The highest BCUT2D eigenvalue weighted by Gasteiger charge is 2.06. The average molecular weight is 321 g/mol. The third-order valence-electron chi connectivity index (χ3n) is 4.08. The number of nitrogens with one attached hydrogen (secondary N) is 1. The van der Waals surface area contributed by atoms with Crippen molar-refractivity contribution in [3.63, 3.8) is 0 Å². The molecule has 3 rings (SSSR count). The monoisotopic (exact) mass is 321 g/mol. The lowest BCUT2D eigenvalue weighted by molar-refractivity contribution is -0.114. The van der Waals surface area contributed by atoms with Gasteiger partial charge in [0.1, 0.15) is 0 Å². The van der Waals surface area contributed by atoms with Crippen molar-refractivity contribution in [1.29, 1.82) is 0 Å². The zero-order chi connectivity index (χ0) is 17.1. The number of carbonyl (C=O) groups excluding carboxylic acids is 1. The Labute approximate surface area is 142 Å². The van der Waals surface area contributed by atoms with Crippen LogP contribution in [0.4, 0.5) is 5.69 Å². The molecule has 0 aliphatic carbocycles. The smallest absolute Gasteiger partial charge is 0.221 e. The molecular weight excluding hydrogens is 298 g/mol. The van der Waals surface area contributed by atoms with Crippen molar-refractivity contribution in [3.05, 3.63) is 54.7 Å². The Hall–Kier alpha value is -2.59. The van der Waals surface area contributed by atoms with Gasteiger partial charge in [0, 0.05) is 37.4 Å². The van der Waals surface area contributed by atoms with Crippen molar-refractivity contribution >= 4 is 22.5 Å². The lowest BCUT2D eigenvalue weighted by Gasteiger charge is -2.12. The molecule has 0 bridgehead atoms. The maximum Gasteiger partial charge on any atom is 0.221 e. The van der Waals surface area contributed by atoms with Crippen LogP contribution in [0.15, 0.2) is 54.7 Å². The molecule has 1 amide bonds. The highest BCUT2D eigenvalue weighted by atomic mass is 16.1. The van der Waals surface area contributed by atoms with E-state index in [0.29, 0.717) is 0 Å². The fraction of sp³-hybridized carbons (Fsp3) is 0.250. The van der Waals surface area contributed by atoms with E-state index in [1.54, 1.807) is 0 Å². The Balaban J connectivity index is 1.95. The van der Waals surface area contributed by atoms with Gasteiger partial charge in [0.15, 0.2) is 0 Å². The quantitative estimate of drug-likeness (QED) is 0.775. The molecule has 0 aliphatic heterocycles.